The lowest BCUT2D eigenvalue weighted by molar-refractivity contribution is -0.140. The lowest BCUT2D eigenvalue weighted by atomic mass is 9.81. The molecule has 178 valence electrons. The normalized spacial score (nSPS) is 18.5. The third-order valence-corrected chi connectivity index (χ3v) is 5.10. The molecule has 32 heavy (non-hydrogen) atoms. The summed E-state index contributed by atoms with van der Waals surface area (Å²) in [6.45, 7) is 10.8. The van der Waals surface area contributed by atoms with Crippen LogP contribution in [0.25, 0.3) is 0 Å². The molecule has 0 aromatic rings. The molecule has 0 bridgehead atoms. The van der Waals surface area contributed by atoms with Gasteiger partial charge < -0.3 is 10.1 Å². The summed E-state index contributed by atoms with van der Waals surface area (Å²) in [7, 11) is 0. The van der Waals surface area contributed by atoms with E-state index >= 15 is 0 Å². The molecule has 1 aliphatic rings. The second-order valence-corrected chi connectivity index (χ2v) is 9.11. The zero-order valence-corrected chi connectivity index (χ0v) is 19.5. The van der Waals surface area contributed by atoms with E-state index < -0.39 is 30.3 Å². The third-order valence-electron chi connectivity index (χ3n) is 5.10. The highest BCUT2D eigenvalue weighted by Gasteiger charge is 2.36. The molecule has 0 amide bonds. The van der Waals surface area contributed by atoms with Crippen LogP contribution in [-0.4, -0.2) is 18.8 Å². The summed E-state index contributed by atoms with van der Waals surface area (Å²) < 4.78 is 58.6. The van der Waals surface area contributed by atoms with Crippen LogP contribution in [0.5, 0.6) is 0 Å². The average Bonchev–Trinajstić information content (AvgIpc) is 2.63. The first kappa shape index (κ1) is 27.5. The number of allylic oxidation sites excluding steroid dienone is 7. The van der Waals surface area contributed by atoms with Crippen LogP contribution >= 0.6 is 0 Å². The summed E-state index contributed by atoms with van der Waals surface area (Å²) in [5.74, 6) is -2.14. The number of carbonyl (C=O) groups is 1. The maximum Gasteiger partial charge on any atom is 0.392 e. The van der Waals surface area contributed by atoms with Crippen molar-refractivity contribution in [3.05, 3.63) is 46.1 Å². The van der Waals surface area contributed by atoms with Crippen molar-refractivity contribution >= 4 is 5.97 Å². The first-order chi connectivity index (χ1) is 14.7. The van der Waals surface area contributed by atoms with Gasteiger partial charge >= 0.3 is 12.1 Å². The van der Waals surface area contributed by atoms with E-state index in [1.54, 1.807) is 13.8 Å². The Morgan fingerprint density at radius 1 is 1.22 bits per heavy atom. The van der Waals surface area contributed by atoms with Crippen LogP contribution < -0.4 is 5.32 Å². The van der Waals surface area contributed by atoms with E-state index in [4.69, 9.17) is 4.74 Å². The number of alkyl halides is 3. The Morgan fingerprint density at radius 2 is 1.84 bits per heavy atom. The third kappa shape index (κ3) is 8.89. The molecule has 1 aliphatic heterocycles. The molecular weight excluding hydrogens is 424 g/mol. The Hall–Kier alpha value is -2.56. The summed E-state index contributed by atoms with van der Waals surface area (Å²) in [4.78, 5) is 12.9. The molecule has 0 saturated heterocycles. The SMILES string of the molecule is C/C=C(/F)C/C=C(\CC1C(C#N)=C(C)NC(C)=C1C(=O)OCCC(C)(C)C)CC(F)(F)F. The van der Waals surface area contributed by atoms with E-state index in [0.717, 1.165) is 0 Å². The number of dihydropyridines is 1. The number of nitrogens with one attached hydrogen (secondary N) is 1. The molecule has 1 heterocycles. The Bertz CT molecular complexity index is 866. The number of rotatable bonds is 8. The fourth-order valence-corrected chi connectivity index (χ4v) is 3.38. The Morgan fingerprint density at radius 3 is 2.34 bits per heavy atom. The fraction of sp³-hybridized carbons (Fsp3) is 0.583. The first-order valence-corrected chi connectivity index (χ1v) is 10.5. The van der Waals surface area contributed by atoms with Gasteiger partial charge in [0.1, 0.15) is 0 Å². The van der Waals surface area contributed by atoms with E-state index in [1.807, 2.05) is 26.8 Å². The van der Waals surface area contributed by atoms with E-state index in [1.165, 1.54) is 19.1 Å². The molecule has 8 heteroatoms. The molecule has 0 aromatic carbocycles. The Kier molecular flexibility index (Phi) is 9.74. The smallest absolute Gasteiger partial charge is 0.392 e. The average molecular weight is 457 g/mol. The van der Waals surface area contributed by atoms with Crippen LogP contribution in [-0.2, 0) is 9.53 Å². The summed E-state index contributed by atoms with van der Waals surface area (Å²) in [6.07, 6.45) is -3.32. The van der Waals surface area contributed by atoms with Crippen LogP contribution in [0.15, 0.2) is 46.1 Å². The molecule has 1 N–H and O–H groups in total. The van der Waals surface area contributed by atoms with Crippen molar-refractivity contribution in [3.8, 4) is 6.07 Å². The van der Waals surface area contributed by atoms with Gasteiger partial charge in [0.2, 0.25) is 0 Å². The monoisotopic (exact) mass is 456 g/mol. The molecule has 4 nitrogen and oxygen atoms in total. The largest absolute Gasteiger partial charge is 0.462 e. The number of hydrogen-bond donors (Lipinski definition) is 1. The van der Waals surface area contributed by atoms with Gasteiger partial charge in [-0.25, -0.2) is 9.18 Å². The van der Waals surface area contributed by atoms with E-state index in [2.05, 4.69) is 5.32 Å². The van der Waals surface area contributed by atoms with Crippen molar-refractivity contribution in [2.45, 2.75) is 73.4 Å². The zero-order valence-electron chi connectivity index (χ0n) is 19.5. The minimum Gasteiger partial charge on any atom is -0.462 e. The van der Waals surface area contributed by atoms with Crippen molar-refractivity contribution < 1.29 is 27.1 Å². The van der Waals surface area contributed by atoms with E-state index in [9.17, 15) is 27.6 Å². The van der Waals surface area contributed by atoms with Crippen LogP contribution in [0.1, 0.15) is 67.2 Å². The maximum absolute atomic E-state index is 13.6. The highest BCUT2D eigenvalue weighted by atomic mass is 19.4. The quantitative estimate of drug-likeness (QED) is 0.248. The van der Waals surface area contributed by atoms with Gasteiger partial charge in [0, 0.05) is 23.7 Å². The topological polar surface area (TPSA) is 62.1 Å². The van der Waals surface area contributed by atoms with E-state index in [-0.39, 0.29) is 41.6 Å². The molecule has 0 aliphatic carbocycles. The lowest BCUT2D eigenvalue weighted by Crippen LogP contribution is -2.30. The highest BCUT2D eigenvalue weighted by Crippen LogP contribution is 2.38. The van der Waals surface area contributed by atoms with Gasteiger partial charge in [-0.15, -0.1) is 0 Å². The zero-order chi connectivity index (χ0) is 24.7. The van der Waals surface area contributed by atoms with Crippen LogP contribution in [0, 0.1) is 22.7 Å². The van der Waals surface area contributed by atoms with Crippen molar-refractivity contribution in [1.82, 2.24) is 5.32 Å². The van der Waals surface area contributed by atoms with Gasteiger partial charge in [-0.1, -0.05) is 38.5 Å². The predicted octanol–water partition coefficient (Wildman–Crippen LogP) is 6.79. The van der Waals surface area contributed by atoms with E-state index in [0.29, 0.717) is 17.8 Å². The number of esters is 1. The summed E-state index contributed by atoms with van der Waals surface area (Å²) in [6, 6.07) is 2.02. The lowest BCUT2D eigenvalue weighted by Gasteiger charge is -2.29. The number of hydrogen-bond acceptors (Lipinski definition) is 4. The number of carbonyl (C=O) groups excluding carboxylic acids is 1. The minimum atomic E-state index is -4.51. The van der Waals surface area contributed by atoms with Crippen molar-refractivity contribution in [1.29, 1.82) is 5.26 Å². The molecule has 0 spiro atoms. The van der Waals surface area contributed by atoms with Crippen molar-refractivity contribution in [2.75, 3.05) is 6.61 Å². The fourth-order valence-electron chi connectivity index (χ4n) is 3.38. The van der Waals surface area contributed by atoms with Crippen molar-refractivity contribution in [3.63, 3.8) is 0 Å². The standard InChI is InChI=1S/C24H32F4N2O2/c1-7-18(25)9-8-17(13-24(26,27)28)12-19-20(14-29)15(2)30-16(3)21(19)22(31)32-11-10-23(4,5)6/h7-8,19,30H,9-13H2,1-6H3/b17-8+,18-7+. The van der Waals surface area contributed by atoms with Gasteiger partial charge in [-0.3, -0.25) is 0 Å². The van der Waals surface area contributed by atoms with Crippen molar-refractivity contribution in [2.24, 2.45) is 11.3 Å². The number of ether oxygens (including phenoxy) is 1. The second kappa shape index (κ2) is 11.3. The van der Waals surface area contributed by atoms with Crippen LogP contribution in [0.3, 0.4) is 0 Å². The first-order valence-electron chi connectivity index (χ1n) is 10.5. The molecule has 0 saturated carbocycles. The van der Waals surface area contributed by atoms with Gasteiger partial charge in [0.15, 0.2) is 0 Å². The summed E-state index contributed by atoms with van der Waals surface area (Å²) in [5.41, 5.74) is 1.03. The molecule has 1 unspecified atom stereocenters. The summed E-state index contributed by atoms with van der Waals surface area (Å²) in [5, 5.41) is 12.6. The number of nitrogens with zero attached hydrogens (tertiary/aromatic N) is 1. The molecule has 1 rings (SSSR count). The van der Waals surface area contributed by atoms with Gasteiger partial charge in [0.05, 0.1) is 36.1 Å². The van der Waals surface area contributed by atoms with Gasteiger partial charge in [0.25, 0.3) is 0 Å². The number of nitriles is 1. The molecule has 0 radical (unpaired) electrons. The van der Waals surface area contributed by atoms with Crippen LogP contribution in [0.4, 0.5) is 17.6 Å². The minimum absolute atomic E-state index is 0.0677. The predicted molar refractivity (Wildman–Crippen MR) is 116 cm³/mol. The van der Waals surface area contributed by atoms with Crippen LogP contribution in [0.2, 0.25) is 0 Å². The summed E-state index contributed by atoms with van der Waals surface area (Å²) >= 11 is 0. The molecular formula is C24H32F4N2O2. The maximum atomic E-state index is 13.6. The highest BCUT2D eigenvalue weighted by molar-refractivity contribution is 5.91. The molecule has 1 atom stereocenters. The number of halogens is 4. The Labute approximate surface area is 187 Å². The Balaban J connectivity index is 3.30. The van der Waals surface area contributed by atoms with Gasteiger partial charge in [-0.05, 0) is 39.0 Å². The van der Waals surface area contributed by atoms with Gasteiger partial charge in [-0.2, -0.15) is 18.4 Å². The molecule has 0 fully saturated rings. The molecule has 0 aromatic heterocycles. The second-order valence-electron chi connectivity index (χ2n) is 9.11.